The van der Waals surface area contributed by atoms with Gasteiger partial charge in [-0.3, -0.25) is 9.98 Å². The first-order chi connectivity index (χ1) is 12.0. The third-order valence-corrected chi connectivity index (χ3v) is 5.22. The first kappa shape index (κ1) is 18.2. The summed E-state index contributed by atoms with van der Waals surface area (Å²) in [6.07, 6.45) is 4.97. The lowest BCUT2D eigenvalue weighted by Crippen LogP contribution is -2.21. The van der Waals surface area contributed by atoms with Gasteiger partial charge in [0.2, 0.25) is 0 Å². The highest BCUT2D eigenvalue weighted by atomic mass is 35.5. The highest BCUT2D eigenvalue weighted by molar-refractivity contribution is 6.36. The van der Waals surface area contributed by atoms with E-state index in [1.165, 1.54) is 11.1 Å². The topological polar surface area (TPSA) is 34.5 Å². The third kappa shape index (κ3) is 3.99. The van der Waals surface area contributed by atoms with Crippen LogP contribution >= 0.6 is 23.2 Å². The second kappa shape index (κ2) is 7.76. The Morgan fingerprint density at radius 1 is 1.20 bits per heavy atom. The van der Waals surface area contributed by atoms with Gasteiger partial charge in [-0.15, -0.1) is 0 Å². The number of halogens is 2. The Morgan fingerprint density at radius 3 is 2.56 bits per heavy atom. The van der Waals surface area contributed by atoms with Gasteiger partial charge in [-0.1, -0.05) is 37.0 Å². The van der Waals surface area contributed by atoms with Gasteiger partial charge >= 0.3 is 0 Å². The molecule has 0 bridgehead atoms. The average Bonchev–Trinajstić information content (AvgIpc) is 2.59. The van der Waals surface area contributed by atoms with Gasteiger partial charge < -0.3 is 4.74 Å². The van der Waals surface area contributed by atoms with Gasteiger partial charge in [0.1, 0.15) is 5.75 Å². The van der Waals surface area contributed by atoms with Crippen LogP contribution in [-0.2, 0) is 6.42 Å². The number of methoxy groups -OCH3 is 1. The zero-order valence-electron chi connectivity index (χ0n) is 14.7. The van der Waals surface area contributed by atoms with E-state index < -0.39 is 0 Å². The number of nitrogens with zero attached hydrogens (tertiary/aromatic N) is 2. The molecule has 0 saturated carbocycles. The van der Waals surface area contributed by atoms with Crippen LogP contribution in [0, 0.1) is 5.92 Å². The third-order valence-electron chi connectivity index (χ3n) is 4.56. The van der Waals surface area contributed by atoms with Crippen molar-refractivity contribution in [1.82, 2.24) is 4.98 Å². The maximum Gasteiger partial charge on any atom is 0.119 e. The summed E-state index contributed by atoms with van der Waals surface area (Å²) in [7, 11) is 1.70. The Bertz CT molecular complexity index is 782. The van der Waals surface area contributed by atoms with Crippen LogP contribution in [0.1, 0.15) is 42.9 Å². The molecule has 3 nitrogen and oxygen atoms in total. The van der Waals surface area contributed by atoms with Crippen LogP contribution < -0.4 is 4.74 Å². The fourth-order valence-electron chi connectivity index (χ4n) is 3.37. The molecule has 0 spiro atoms. The van der Waals surface area contributed by atoms with Gasteiger partial charge in [-0.25, -0.2) is 0 Å². The number of pyridine rings is 1. The number of benzene rings is 1. The van der Waals surface area contributed by atoms with E-state index in [4.69, 9.17) is 32.9 Å². The van der Waals surface area contributed by atoms with Crippen LogP contribution in [0.2, 0.25) is 10.0 Å². The lowest BCUT2D eigenvalue weighted by molar-refractivity contribution is 0.412. The normalized spacial score (nSPS) is 16.6. The lowest BCUT2D eigenvalue weighted by Gasteiger charge is -2.27. The van der Waals surface area contributed by atoms with E-state index in [1.807, 2.05) is 6.07 Å². The molecule has 1 aliphatic rings. The second-order valence-corrected chi connectivity index (χ2v) is 7.64. The minimum absolute atomic E-state index is 0.414. The summed E-state index contributed by atoms with van der Waals surface area (Å²) in [5.74, 6) is 1.91. The Kier molecular flexibility index (Phi) is 5.65. The minimum atomic E-state index is 0.414. The molecule has 0 radical (unpaired) electrons. The van der Waals surface area contributed by atoms with E-state index in [9.17, 15) is 0 Å². The first-order valence-electron chi connectivity index (χ1n) is 8.49. The zero-order chi connectivity index (χ0) is 18.0. The van der Waals surface area contributed by atoms with Crippen molar-refractivity contribution in [3.63, 3.8) is 0 Å². The van der Waals surface area contributed by atoms with Crippen LogP contribution in [0.4, 0.5) is 0 Å². The first-order valence-corrected chi connectivity index (χ1v) is 9.24. The summed E-state index contributed by atoms with van der Waals surface area (Å²) in [4.78, 5) is 8.91. The Morgan fingerprint density at radius 2 is 1.92 bits per heavy atom. The van der Waals surface area contributed by atoms with E-state index >= 15 is 0 Å². The number of hydrogen-bond acceptors (Lipinski definition) is 3. The van der Waals surface area contributed by atoms with Crippen LogP contribution in [0.15, 0.2) is 35.6 Å². The fraction of sp³-hybridized carbons (Fsp3) is 0.400. The second-order valence-electron chi connectivity index (χ2n) is 6.83. The standard InChI is InChI=1S/C20H22Cl2N2O/c1-12(2)6-13-9-24-20(8-17-18(21)10-23-11-19(17)22)15-5-4-14(25-3)7-16(13)15/h4-5,7,10-13H,6,8-9H2,1-3H3. The van der Waals surface area contributed by atoms with Crippen molar-refractivity contribution < 1.29 is 4.74 Å². The van der Waals surface area contributed by atoms with E-state index in [-0.39, 0.29) is 0 Å². The molecular formula is C20H22Cl2N2O. The van der Waals surface area contributed by atoms with Crippen molar-refractivity contribution >= 4 is 28.9 Å². The molecule has 1 unspecified atom stereocenters. The molecule has 3 rings (SSSR count). The number of fused-ring (bicyclic) bond motifs is 1. The van der Waals surface area contributed by atoms with Crippen molar-refractivity contribution in [3.05, 3.63) is 57.3 Å². The van der Waals surface area contributed by atoms with E-state index in [1.54, 1.807) is 19.5 Å². The molecule has 1 aromatic carbocycles. The molecule has 0 N–H and O–H groups in total. The largest absolute Gasteiger partial charge is 0.497 e. The Hall–Kier alpha value is -1.58. The smallest absolute Gasteiger partial charge is 0.119 e. The van der Waals surface area contributed by atoms with Crippen LogP contribution in [-0.4, -0.2) is 24.4 Å². The van der Waals surface area contributed by atoms with Crippen molar-refractivity contribution in [3.8, 4) is 5.75 Å². The Labute approximate surface area is 159 Å². The summed E-state index contributed by atoms with van der Waals surface area (Å²) in [6.45, 7) is 5.28. The number of aliphatic imine (C=N–C) groups is 1. The van der Waals surface area contributed by atoms with Crippen molar-refractivity contribution in [2.24, 2.45) is 10.9 Å². The summed E-state index contributed by atoms with van der Waals surface area (Å²) in [5.41, 5.74) is 4.37. The zero-order valence-corrected chi connectivity index (χ0v) is 16.2. The minimum Gasteiger partial charge on any atom is -0.497 e. The molecule has 2 aromatic rings. The molecule has 0 saturated heterocycles. The molecule has 1 aliphatic heterocycles. The molecule has 25 heavy (non-hydrogen) atoms. The molecule has 0 amide bonds. The quantitative estimate of drug-likeness (QED) is 0.683. The number of hydrogen-bond donors (Lipinski definition) is 0. The molecular weight excluding hydrogens is 355 g/mol. The van der Waals surface area contributed by atoms with Crippen LogP contribution in [0.3, 0.4) is 0 Å². The molecule has 0 fully saturated rings. The molecule has 5 heteroatoms. The average molecular weight is 377 g/mol. The molecule has 2 heterocycles. The summed E-state index contributed by atoms with van der Waals surface area (Å²) < 4.78 is 5.43. The molecule has 132 valence electrons. The van der Waals surface area contributed by atoms with Gasteiger partial charge in [0, 0.05) is 37.0 Å². The van der Waals surface area contributed by atoms with Crippen molar-refractivity contribution in [2.75, 3.05) is 13.7 Å². The van der Waals surface area contributed by atoms with Gasteiger partial charge in [-0.2, -0.15) is 0 Å². The van der Waals surface area contributed by atoms with E-state index in [0.717, 1.165) is 30.0 Å². The fourth-order valence-corrected chi connectivity index (χ4v) is 3.87. The summed E-state index contributed by atoms with van der Waals surface area (Å²) >= 11 is 12.6. The summed E-state index contributed by atoms with van der Waals surface area (Å²) in [6, 6.07) is 6.23. The van der Waals surface area contributed by atoms with Crippen molar-refractivity contribution in [2.45, 2.75) is 32.6 Å². The van der Waals surface area contributed by atoms with Gasteiger partial charge in [0.05, 0.1) is 17.2 Å². The van der Waals surface area contributed by atoms with Crippen LogP contribution in [0.5, 0.6) is 5.75 Å². The molecule has 1 atom stereocenters. The number of ether oxygens (including phenoxy) is 1. The maximum absolute atomic E-state index is 6.30. The highest BCUT2D eigenvalue weighted by Crippen LogP contribution is 2.35. The van der Waals surface area contributed by atoms with E-state index in [0.29, 0.717) is 28.3 Å². The number of rotatable bonds is 5. The van der Waals surface area contributed by atoms with Crippen LogP contribution in [0.25, 0.3) is 0 Å². The Balaban J connectivity index is 1.99. The maximum atomic E-state index is 6.30. The lowest BCUT2D eigenvalue weighted by atomic mass is 9.83. The van der Waals surface area contributed by atoms with Gasteiger partial charge in [0.25, 0.3) is 0 Å². The number of aromatic nitrogens is 1. The van der Waals surface area contributed by atoms with Crippen molar-refractivity contribution in [1.29, 1.82) is 0 Å². The molecule has 0 aliphatic carbocycles. The summed E-state index contributed by atoms with van der Waals surface area (Å²) in [5, 5.41) is 1.16. The molecule has 1 aromatic heterocycles. The van der Waals surface area contributed by atoms with Gasteiger partial charge in [0.15, 0.2) is 0 Å². The van der Waals surface area contributed by atoms with E-state index in [2.05, 4.69) is 31.0 Å². The van der Waals surface area contributed by atoms with Gasteiger partial charge in [-0.05, 0) is 47.2 Å². The predicted molar refractivity (Wildman–Crippen MR) is 105 cm³/mol. The predicted octanol–water partition coefficient (Wildman–Crippen LogP) is 5.57. The monoisotopic (exact) mass is 376 g/mol. The SMILES string of the molecule is COc1ccc2c(c1)C(CC(C)C)CN=C2Cc1c(Cl)cncc1Cl. The highest BCUT2D eigenvalue weighted by Gasteiger charge is 2.25.